The van der Waals surface area contributed by atoms with Crippen LogP contribution in [0.3, 0.4) is 0 Å². The third kappa shape index (κ3) is 7.74. The van der Waals surface area contributed by atoms with Gasteiger partial charge in [0.25, 0.3) is 0 Å². The Morgan fingerprint density at radius 1 is 1.26 bits per heavy atom. The molecule has 1 amide bonds. The van der Waals surface area contributed by atoms with Crippen LogP contribution in [0.2, 0.25) is 0 Å². The number of carboxylic acids is 1. The third-order valence-corrected chi connectivity index (χ3v) is 3.00. The number of alkyl carbamates (subject to hydrolysis) is 1. The highest BCUT2D eigenvalue weighted by Gasteiger charge is 2.24. The van der Waals surface area contributed by atoms with Gasteiger partial charge >= 0.3 is 12.1 Å². The molecule has 0 aliphatic rings. The first-order valence-corrected chi connectivity index (χ1v) is 7.86. The lowest BCUT2D eigenvalue weighted by Gasteiger charge is -2.22. The van der Waals surface area contributed by atoms with Crippen molar-refractivity contribution in [3.63, 3.8) is 0 Å². The standard InChI is InChI=1S/C16H23ClN2O4/c1-16(2,3)23-15(22)19-13(14(20)21)10-11-4-6-12(7-5-11)18-9-8-17/h4-7,13,18H,8-10H2,1-3H3,(H,19,22)(H,20,21)/t13-/m1/s1. The van der Waals surface area contributed by atoms with Crippen LogP contribution in [0, 0.1) is 0 Å². The Labute approximate surface area is 141 Å². The van der Waals surface area contributed by atoms with E-state index in [1.54, 1.807) is 20.8 Å². The number of carboxylic acid groups (broad SMARTS) is 1. The van der Waals surface area contributed by atoms with Crippen LogP contribution in [0.25, 0.3) is 0 Å². The number of hydrogen-bond donors (Lipinski definition) is 3. The molecule has 128 valence electrons. The molecule has 1 rings (SSSR count). The molecule has 0 aliphatic carbocycles. The maximum absolute atomic E-state index is 11.7. The van der Waals surface area contributed by atoms with Crippen LogP contribution in [0.15, 0.2) is 24.3 Å². The van der Waals surface area contributed by atoms with Crippen molar-refractivity contribution in [2.45, 2.75) is 38.8 Å². The summed E-state index contributed by atoms with van der Waals surface area (Å²) >= 11 is 5.60. The summed E-state index contributed by atoms with van der Waals surface area (Å²) in [6.45, 7) is 5.80. The topological polar surface area (TPSA) is 87.7 Å². The van der Waals surface area contributed by atoms with Crippen molar-refractivity contribution in [3.05, 3.63) is 29.8 Å². The molecule has 0 aromatic heterocycles. The number of carbonyl (C=O) groups is 2. The maximum Gasteiger partial charge on any atom is 0.408 e. The highest BCUT2D eigenvalue weighted by atomic mass is 35.5. The summed E-state index contributed by atoms with van der Waals surface area (Å²) < 4.78 is 5.08. The number of anilines is 1. The zero-order valence-electron chi connectivity index (χ0n) is 13.6. The van der Waals surface area contributed by atoms with Gasteiger partial charge in [-0.2, -0.15) is 0 Å². The Balaban J connectivity index is 2.65. The van der Waals surface area contributed by atoms with E-state index in [1.165, 1.54) is 0 Å². The first kappa shape index (κ1) is 19.1. The second kappa shape index (κ2) is 8.62. The van der Waals surface area contributed by atoms with E-state index >= 15 is 0 Å². The number of nitrogens with one attached hydrogen (secondary N) is 2. The molecule has 23 heavy (non-hydrogen) atoms. The summed E-state index contributed by atoms with van der Waals surface area (Å²) in [6, 6.07) is 6.25. The van der Waals surface area contributed by atoms with Crippen LogP contribution in [-0.4, -0.2) is 41.2 Å². The minimum absolute atomic E-state index is 0.171. The molecule has 0 fully saturated rings. The van der Waals surface area contributed by atoms with Crippen molar-refractivity contribution in [1.29, 1.82) is 0 Å². The van der Waals surface area contributed by atoms with Crippen LogP contribution in [0.1, 0.15) is 26.3 Å². The van der Waals surface area contributed by atoms with Crippen molar-refractivity contribution in [2.24, 2.45) is 0 Å². The Morgan fingerprint density at radius 3 is 2.35 bits per heavy atom. The van der Waals surface area contributed by atoms with Gasteiger partial charge < -0.3 is 20.5 Å². The van der Waals surface area contributed by atoms with Crippen LogP contribution < -0.4 is 10.6 Å². The molecule has 0 heterocycles. The first-order valence-electron chi connectivity index (χ1n) is 7.32. The molecule has 0 spiro atoms. The zero-order valence-corrected chi connectivity index (χ0v) is 14.3. The van der Waals surface area contributed by atoms with Crippen molar-refractivity contribution in [3.8, 4) is 0 Å². The molecular formula is C16H23ClN2O4. The number of ether oxygens (including phenoxy) is 1. The van der Waals surface area contributed by atoms with Crippen LogP contribution in [0.5, 0.6) is 0 Å². The predicted molar refractivity (Wildman–Crippen MR) is 90.1 cm³/mol. The summed E-state index contributed by atoms with van der Waals surface area (Å²) in [4.78, 5) is 23.0. The second-order valence-corrected chi connectivity index (χ2v) is 6.43. The van der Waals surface area contributed by atoms with Gasteiger partial charge in [-0.3, -0.25) is 0 Å². The minimum Gasteiger partial charge on any atom is -0.480 e. The van der Waals surface area contributed by atoms with Crippen molar-refractivity contribution < 1.29 is 19.4 Å². The van der Waals surface area contributed by atoms with E-state index in [9.17, 15) is 14.7 Å². The van der Waals surface area contributed by atoms with E-state index in [0.717, 1.165) is 11.3 Å². The van der Waals surface area contributed by atoms with E-state index in [4.69, 9.17) is 16.3 Å². The van der Waals surface area contributed by atoms with Gasteiger partial charge in [0, 0.05) is 24.5 Å². The molecule has 0 bridgehead atoms. The number of rotatable bonds is 7. The largest absolute Gasteiger partial charge is 0.480 e. The number of hydrogen-bond acceptors (Lipinski definition) is 4. The van der Waals surface area contributed by atoms with Gasteiger partial charge in [0.1, 0.15) is 11.6 Å². The van der Waals surface area contributed by atoms with Gasteiger partial charge in [0.15, 0.2) is 0 Å². The normalized spacial score (nSPS) is 12.3. The highest BCUT2D eigenvalue weighted by Crippen LogP contribution is 2.12. The average Bonchev–Trinajstić information content (AvgIpc) is 2.43. The van der Waals surface area contributed by atoms with Gasteiger partial charge in [-0.1, -0.05) is 12.1 Å². The van der Waals surface area contributed by atoms with Crippen LogP contribution in [-0.2, 0) is 16.0 Å². The number of halogens is 1. The molecule has 6 nitrogen and oxygen atoms in total. The van der Waals surface area contributed by atoms with E-state index < -0.39 is 23.7 Å². The number of amides is 1. The molecule has 7 heteroatoms. The fourth-order valence-corrected chi connectivity index (χ4v) is 1.93. The van der Waals surface area contributed by atoms with E-state index in [0.29, 0.717) is 12.4 Å². The van der Waals surface area contributed by atoms with E-state index in [-0.39, 0.29) is 6.42 Å². The Kier molecular flexibility index (Phi) is 7.16. The predicted octanol–water partition coefficient (Wildman–Crippen LogP) is 2.86. The molecular weight excluding hydrogens is 320 g/mol. The number of aliphatic carboxylic acids is 1. The summed E-state index contributed by atoms with van der Waals surface area (Å²) in [7, 11) is 0. The molecule has 1 atom stereocenters. The quantitative estimate of drug-likeness (QED) is 0.663. The highest BCUT2D eigenvalue weighted by molar-refractivity contribution is 6.18. The molecule has 0 radical (unpaired) electrons. The van der Waals surface area contributed by atoms with Gasteiger partial charge in [0.2, 0.25) is 0 Å². The maximum atomic E-state index is 11.7. The lowest BCUT2D eigenvalue weighted by atomic mass is 10.1. The van der Waals surface area contributed by atoms with Crippen molar-refractivity contribution >= 4 is 29.4 Å². The van der Waals surface area contributed by atoms with E-state index in [1.807, 2.05) is 24.3 Å². The average molecular weight is 343 g/mol. The summed E-state index contributed by atoms with van der Waals surface area (Å²) in [5.74, 6) is -0.608. The third-order valence-electron chi connectivity index (χ3n) is 2.81. The summed E-state index contributed by atoms with van der Waals surface area (Å²) in [6.07, 6.45) is -0.574. The first-order chi connectivity index (χ1) is 10.7. The SMILES string of the molecule is CC(C)(C)OC(=O)N[C@H](Cc1ccc(NCCCl)cc1)C(=O)O. The summed E-state index contributed by atoms with van der Waals surface area (Å²) in [5, 5.41) is 14.7. The molecule has 1 aromatic carbocycles. The lowest BCUT2D eigenvalue weighted by Crippen LogP contribution is -2.44. The number of benzene rings is 1. The lowest BCUT2D eigenvalue weighted by molar-refractivity contribution is -0.139. The smallest absolute Gasteiger partial charge is 0.408 e. The van der Waals surface area contributed by atoms with Crippen molar-refractivity contribution in [1.82, 2.24) is 5.32 Å². The molecule has 0 unspecified atom stereocenters. The zero-order chi connectivity index (χ0) is 17.5. The number of carbonyl (C=O) groups excluding carboxylic acids is 1. The van der Waals surface area contributed by atoms with Gasteiger partial charge in [0.05, 0.1) is 0 Å². The molecule has 0 saturated heterocycles. The Hall–Kier alpha value is -1.95. The van der Waals surface area contributed by atoms with Crippen LogP contribution in [0.4, 0.5) is 10.5 Å². The fourth-order valence-electron chi connectivity index (χ4n) is 1.84. The second-order valence-electron chi connectivity index (χ2n) is 6.05. The van der Waals surface area contributed by atoms with Gasteiger partial charge in [-0.05, 0) is 38.5 Å². The minimum atomic E-state index is -1.11. The Bertz CT molecular complexity index is 526. The molecule has 0 saturated carbocycles. The van der Waals surface area contributed by atoms with Gasteiger partial charge in [-0.25, -0.2) is 9.59 Å². The van der Waals surface area contributed by atoms with E-state index in [2.05, 4.69) is 10.6 Å². The Morgan fingerprint density at radius 2 is 1.87 bits per heavy atom. The number of alkyl halides is 1. The monoisotopic (exact) mass is 342 g/mol. The molecule has 0 aliphatic heterocycles. The molecule has 3 N–H and O–H groups in total. The van der Waals surface area contributed by atoms with Crippen LogP contribution >= 0.6 is 11.6 Å². The van der Waals surface area contributed by atoms with Crippen molar-refractivity contribution in [2.75, 3.05) is 17.7 Å². The fraction of sp³-hybridized carbons (Fsp3) is 0.500. The van der Waals surface area contributed by atoms with Gasteiger partial charge in [-0.15, -0.1) is 11.6 Å². The summed E-state index contributed by atoms with van der Waals surface area (Å²) in [5.41, 5.74) is 1.02. The molecule has 1 aromatic rings.